The number of carbonyl (C=O) groups is 2. The number of likely N-dealkylation sites (tertiary alicyclic amines) is 1. The Bertz CT molecular complexity index is 1080. The van der Waals surface area contributed by atoms with Gasteiger partial charge in [-0.15, -0.1) is 11.3 Å². The summed E-state index contributed by atoms with van der Waals surface area (Å²) in [5, 5.41) is 9.06. The molecule has 0 aliphatic carbocycles. The van der Waals surface area contributed by atoms with Crippen molar-refractivity contribution in [2.75, 3.05) is 31.5 Å². The van der Waals surface area contributed by atoms with E-state index in [0.29, 0.717) is 49.1 Å². The lowest BCUT2D eigenvalue weighted by molar-refractivity contribution is -0.121. The number of piperidine rings is 1. The number of hydrogen-bond donors (Lipinski definition) is 1. The van der Waals surface area contributed by atoms with Crippen molar-refractivity contribution < 1.29 is 14.1 Å². The lowest BCUT2D eigenvalue weighted by atomic mass is 9.96. The molecule has 1 aromatic carbocycles. The monoisotopic (exact) mass is 467 g/mol. The average molecular weight is 468 g/mol. The van der Waals surface area contributed by atoms with E-state index in [1.807, 2.05) is 43.5 Å². The predicted molar refractivity (Wildman–Crippen MR) is 128 cm³/mol. The molecule has 2 amide bonds. The molecular weight excluding hydrogens is 438 g/mol. The van der Waals surface area contributed by atoms with Gasteiger partial charge in [0.05, 0.1) is 28.6 Å². The summed E-state index contributed by atoms with van der Waals surface area (Å²) in [4.78, 5) is 35.4. The minimum Gasteiger partial charge on any atom is -0.339 e. The number of thiophene rings is 1. The highest BCUT2D eigenvalue weighted by Gasteiger charge is 2.28. The summed E-state index contributed by atoms with van der Waals surface area (Å²) >= 11 is 1.57. The predicted octanol–water partition coefficient (Wildman–Crippen LogP) is 4.13. The molecule has 1 saturated heterocycles. The minimum atomic E-state index is -0.171. The van der Waals surface area contributed by atoms with E-state index in [4.69, 9.17) is 4.52 Å². The summed E-state index contributed by atoms with van der Waals surface area (Å²) in [5.41, 5.74) is 1.09. The summed E-state index contributed by atoms with van der Waals surface area (Å²) in [6.07, 6.45) is 1.71. The van der Waals surface area contributed by atoms with Crippen LogP contribution in [-0.4, -0.2) is 57.9 Å². The van der Waals surface area contributed by atoms with Crippen molar-refractivity contribution in [1.29, 1.82) is 0 Å². The van der Waals surface area contributed by atoms with Crippen LogP contribution in [0.4, 0.5) is 5.69 Å². The summed E-state index contributed by atoms with van der Waals surface area (Å²) in [6.45, 7) is 7.14. The second-order valence-electron chi connectivity index (χ2n) is 8.08. The molecule has 0 spiro atoms. The van der Waals surface area contributed by atoms with E-state index in [9.17, 15) is 9.59 Å². The fourth-order valence-electron chi connectivity index (χ4n) is 4.12. The maximum atomic E-state index is 13.1. The molecule has 8 nitrogen and oxygen atoms in total. The first-order chi connectivity index (χ1) is 16.1. The first-order valence-corrected chi connectivity index (χ1v) is 12.2. The van der Waals surface area contributed by atoms with Gasteiger partial charge in [0.25, 0.3) is 5.91 Å². The van der Waals surface area contributed by atoms with Crippen molar-refractivity contribution in [3.8, 4) is 10.7 Å². The van der Waals surface area contributed by atoms with Crippen LogP contribution in [0.2, 0.25) is 0 Å². The molecule has 174 valence electrons. The Morgan fingerprint density at radius 3 is 2.79 bits per heavy atom. The first kappa shape index (κ1) is 23.1. The molecule has 0 bridgehead atoms. The van der Waals surface area contributed by atoms with Crippen LogP contribution in [0.5, 0.6) is 0 Å². The highest BCUT2D eigenvalue weighted by molar-refractivity contribution is 7.13. The van der Waals surface area contributed by atoms with Gasteiger partial charge in [-0.05, 0) is 56.8 Å². The van der Waals surface area contributed by atoms with E-state index in [1.165, 1.54) is 0 Å². The van der Waals surface area contributed by atoms with Crippen LogP contribution >= 0.6 is 11.3 Å². The van der Waals surface area contributed by atoms with E-state index in [1.54, 1.807) is 28.4 Å². The molecule has 0 saturated carbocycles. The van der Waals surface area contributed by atoms with Crippen LogP contribution in [0.1, 0.15) is 42.9 Å². The van der Waals surface area contributed by atoms with Crippen molar-refractivity contribution in [1.82, 2.24) is 19.9 Å². The van der Waals surface area contributed by atoms with Gasteiger partial charge >= 0.3 is 0 Å². The molecule has 3 aromatic rings. The third-order valence-corrected chi connectivity index (χ3v) is 6.78. The van der Waals surface area contributed by atoms with Crippen molar-refractivity contribution in [2.45, 2.75) is 33.2 Å². The largest absolute Gasteiger partial charge is 0.339 e. The average Bonchev–Trinajstić information content (AvgIpc) is 3.52. The number of rotatable bonds is 8. The molecule has 2 aromatic heterocycles. The third-order valence-electron chi connectivity index (χ3n) is 5.91. The number of carbonyl (C=O) groups excluding carboxylic acids is 2. The third kappa shape index (κ3) is 5.48. The smallest absolute Gasteiger partial charge is 0.255 e. The van der Waals surface area contributed by atoms with Crippen LogP contribution in [-0.2, 0) is 11.3 Å². The molecule has 3 heterocycles. The van der Waals surface area contributed by atoms with Crippen LogP contribution in [0.25, 0.3) is 10.7 Å². The molecule has 1 aliphatic rings. The zero-order valence-corrected chi connectivity index (χ0v) is 19.8. The number of benzene rings is 1. The fraction of sp³-hybridized carbons (Fsp3) is 0.417. The molecule has 1 fully saturated rings. The zero-order valence-electron chi connectivity index (χ0n) is 19.0. The Morgan fingerprint density at radius 2 is 2.03 bits per heavy atom. The Kier molecular flexibility index (Phi) is 7.51. The number of hydrogen-bond acceptors (Lipinski definition) is 7. The van der Waals surface area contributed by atoms with E-state index in [2.05, 4.69) is 20.4 Å². The maximum Gasteiger partial charge on any atom is 0.255 e. The van der Waals surface area contributed by atoms with Crippen LogP contribution in [0.3, 0.4) is 0 Å². The molecule has 9 heteroatoms. The van der Waals surface area contributed by atoms with E-state index >= 15 is 0 Å². The highest BCUT2D eigenvalue weighted by atomic mass is 32.1. The lowest BCUT2D eigenvalue weighted by Gasteiger charge is -2.31. The van der Waals surface area contributed by atoms with Gasteiger partial charge in [-0.1, -0.05) is 23.4 Å². The van der Waals surface area contributed by atoms with Gasteiger partial charge in [-0.2, -0.15) is 4.98 Å². The minimum absolute atomic E-state index is 0.0655. The number of nitrogens with one attached hydrogen (secondary N) is 1. The Morgan fingerprint density at radius 1 is 1.21 bits per heavy atom. The van der Waals surface area contributed by atoms with Crippen molar-refractivity contribution in [3.63, 3.8) is 0 Å². The zero-order chi connectivity index (χ0) is 23.2. The second-order valence-corrected chi connectivity index (χ2v) is 9.02. The Balaban J connectivity index is 1.39. The quantitative estimate of drug-likeness (QED) is 0.536. The number of para-hydroxylation sites is 1. The van der Waals surface area contributed by atoms with E-state index in [0.717, 1.165) is 24.3 Å². The van der Waals surface area contributed by atoms with Gasteiger partial charge in [0.15, 0.2) is 0 Å². The molecule has 0 radical (unpaired) electrons. The highest BCUT2D eigenvalue weighted by Crippen LogP contribution is 2.24. The van der Waals surface area contributed by atoms with Gasteiger partial charge in [0, 0.05) is 19.6 Å². The molecule has 33 heavy (non-hydrogen) atoms. The molecular formula is C24H29N5O3S. The van der Waals surface area contributed by atoms with Crippen LogP contribution < -0.4 is 5.32 Å². The van der Waals surface area contributed by atoms with Crippen LogP contribution in [0, 0.1) is 5.92 Å². The fourth-order valence-corrected chi connectivity index (χ4v) is 4.77. The molecule has 1 aliphatic heterocycles. The molecule has 4 rings (SSSR count). The van der Waals surface area contributed by atoms with Gasteiger partial charge in [-0.3, -0.25) is 14.5 Å². The molecule has 1 N–H and O–H groups in total. The summed E-state index contributed by atoms with van der Waals surface area (Å²) in [5.74, 6) is 0.842. The SMILES string of the molecule is CCN(CC)C(=O)c1ccccc1NC(=O)C1CCCN(Cc2nc(-c3cccs3)no2)C1. The van der Waals surface area contributed by atoms with Crippen molar-refractivity contribution in [2.24, 2.45) is 5.92 Å². The topological polar surface area (TPSA) is 91.6 Å². The standard InChI is InChI=1S/C24H29N5O3S/c1-3-29(4-2)24(31)18-10-5-6-11-19(18)25-23(30)17-9-7-13-28(15-17)16-21-26-22(27-32-21)20-12-8-14-33-20/h5-6,8,10-12,14,17H,3-4,7,9,13,15-16H2,1-2H3,(H,25,30). The molecule has 1 atom stereocenters. The summed E-state index contributed by atoms with van der Waals surface area (Å²) in [7, 11) is 0. The van der Waals surface area contributed by atoms with Crippen molar-refractivity contribution in [3.05, 3.63) is 53.2 Å². The number of nitrogens with zero attached hydrogens (tertiary/aromatic N) is 4. The number of anilines is 1. The Hall–Kier alpha value is -3.04. The maximum absolute atomic E-state index is 13.1. The van der Waals surface area contributed by atoms with E-state index < -0.39 is 0 Å². The number of aromatic nitrogens is 2. The normalized spacial score (nSPS) is 16.5. The first-order valence-electron chi connectivity index (χ1n) is 11.4. The lowest BCUT2D eigenvalue weighted by Crippen LogP contribution is -2.40. The second kappa shape index (κ2) is 10.7. The summed E-state index contributed by atoms with van der Waals surface area (Å²) < 4.78 is 5.43. The van der Waals surface area contributed by atoms with Crippen LogP contribution in [0.15, 0.2) is 46.3 Å². The van der Waals surface area contributed by atoms with Crippen molar-refractivity contribution >= 4 is 28.8 Å². The van der Waals surface area contributed by atoms with E-state index in [-0.39, 0.29) is 17.7 Å². The van der Waals surface area contributed by atoms with Gasteiger partial charge in [-0.25, -0.2) is 0 Å². The molecule has 1 unspecified atom stereocenters. The Labute approximate surface area is 197 Å². The summed E-state index contributed by atoms with van der Waals surface area (Å²) in [6, 6.07) is 11.1. The van der Waals surface area contributed by atoms with Gasteiger partial charge in [0.1, 0.15) is 0 Å². The number of amides is 2. The van der Waals surface area contributed by atoms with Gasteiger partial charge in [0.2, 0.25) is 17.6 Å². The van der Waals surface area contributed by atoms with Gasteiger partial charge < -0.3 is 14.7 Å².